The van der Waals surface area contributed by atoms with Gasteiger partial charge in [0.25, 0.3) is 5.91 Å². The van der Waals surface area contributed by atoms with Crippen molar-refractivity contribution in [2.45, 2.75) is 58.8 Å². The predicted octanol–water partition coefficient (Wildman–Crippen LogP) is 6.07. The Morgan fingerprint density at radius 3 is 2.23 bits per heavy atom. The molecule has 1 aromatic heterocycles. The highest BCUT2D eigenvalue weighted by atomic mass is 32.1. The van der Waals surface area contributed by atoms with Crippen molar-refractivity contribution in [3.8, 4) is 11.5 Å². The fourth-order valence-corrected chi connectivity index (χ4v) is 5.81. The fraction of sp³-hybridized carbons (Fsp3) is 0.485. The first-order valence-electron chi connectivity index (χ1n) is 14.7. The molecule has 2 aromatic carbocycles. The molecule has 0 unspecified atom stereocenters. The number of phenolic OH excluding ortho intramolecular Hbond substituents is 1. The molecule has 0 spiro atoms. The lowest BCUT2D eigenvalue weighted by Crippen LogP contribution is -2.46. The van der Waals surface area contributed by atoms with E-state index in [1.165, 1.54) is 11.3 Å². The van der Waals surface area contributed by atoms with E-state index in [0.29, 0.717) is 28.4 Å². The van der Waals surface area contributed by atoms with Gasteiger partial charge in [0.15, 0.2) is 10.8 Å². The average Bonchev–Trinajstić information content (AvgIpc) is 3.43. The van der Waals surface area contributed by atoms with E-state index in [4.69, 9.17) is 9.47 Å². The Hall–Kier alpha value is -3.63. The number of aromatic nitrogens is 1. The molecule has 1 aliphatic heterocycles. The van der Waals surface area contributed by atoms with Crippen molar-refractivity contribution in [2.75, 3.05) is 56.7 Å². The number of methoxy groups -OCH3 is 1. The Labute approximate surface area is 258 Å². The lowest BCUT2D eigenvalue weighted by atomic mass is 9.78. The highest BCUT2D eigenvalue weighted by molar-refractivity contribution is 7.14. The third-order valence-corrected chi connectivity index (χ3v) is 8.33. The van der Waals surface area contributed by atoms with Crippen molar-refractivity contribution in [1.82, 2.24) is 9.88 Å². The molecule has 0 aliphatic carbocycles. The molecule has 4 rings (SSSR count). The van der Waals surface area contributed by atoms with Gasteiger partial charge in [-0.15, -0.1) is 11.3 Å². The number of rotatable bonds is 9. The number of esters is 1. The SMILES string of the molecule is COc1ccccc1N1CCN(CCCOC(=O)c2csc(NC(=O)c3cc(C(C)(C)C)c(O)c(C(C)(C)C)c3)n2)CC1. The summed E-state index contributed by atoms with van der Waals surface area (Å²) in [4.78, 5) is 34.8. The minimum absolute atomic E-state index is 0.169. The van der Waals surface area contributed by atoms with Crippen molar-refractivity contribution < 1.29 is 24.2 Å². The zero-order valence-corrected chi connectivity index (χ0v) is 27.1. The molecule has 10 heteroatoms. The van der Waals surface area contributed by atoms with Crippen LogP contribution in [0.2, 0.25) is 0 Å². The predicted molar refractivity (Wildman–Crippen MR) is 172 cm³/mol. The van der Waals surface area contributed by atoms with Crippen LogP contribution in [0, 0.1) is 0 Å². The molecule has 2 N–H and O–H groups in total. The minimum atomic E-state index is -0.507. The summed E-state index contributed by atoms with van der Waals surface area (Å²) in [5.41, 5.74) is 2.40. The van der Waals surface area contributed by atoms with Gasteiger partial charge in [-0.3, -0.25) is 15.0 Å². The molecule has 1 aliphatic rings. The van der Waals surface area contributed by atoms with Crippen LogP contribution in [0.4, 0.5) is 10.8 Å². The van der Waals surface area contributed by atoms with E-state index in [-0.39, 0.29) is 28.2 Å². The molecular formula is C33H44N4O5S. The first-order valence-corrected chi connectivity index (χ1v) is 15.6. The molecule has 232 valence electrons. The van der Waals surface area contributed by atoms with E-state index in [0.717, 1.165) is 50.6 Å². The Kier molecular flexibility index (Phi) is 10.0. The fourth-order valence-electron chi connectivity index (χ4n) is 5.13. The molecule has 0 atom stereocenters. The van der Waals surface area contributed by atoms with Crippen LogP contribution in [0.25, 0.3) is 0 Å². The summed E-state index contributed by atoms with van der Waals surface area (Å²) in [5, 5.41) is 15.7. The summed E-state index contributed by atoms with van der Waals surface area (Å²) in [7, 11) is 1.70. The van der Waals surface area contributed by atoms with Gasteiger partial charge in [0, 0.05) is 54.8 Å². The summed E-state index contributed by atoms with van der Waals surface area (Å²) in [5.74, 6) is 0.242. The summed E-state index contributed by atoms with van der Waals surface area (Å²) >= 11 is 1.17. The second-order valence-corrected chi connectivity index (χ2v) is 13.8. The number of nitrogens with zero attached hydrogens (tertiary/aromatic N) is 3. The smallest absolute Gasteiger partial charge is 0.357 e. The minimum Gasteiger partial charge on any atom is -0.507 e. The molecule has 9 nitrogen and oxygen atoms in total. The van der Waals surface area contributed by atoms with Gasteiger partial charge < -0.3 is 19.5 Å². The van der Waals surface area contributed by atoms with Gasteiger partial charge in [-0.2, -0.15) is 0 Å². The van der Waals surface area contributed by atoms with Crippen LogP contribution in [-0.4, -0.2) is 73.3 Å². The molecule has 1 fully saturated rings. The van der Waals surface area contributed by atoms with Gasteiger partial charge in [0.2, 0.25) is 0 Å². The summed E-state index contributed by atoms with van der Waals surface area (Å²) in [6.45, 7) is 16.8. The summed E-state index contributed by atoms with van der Waals surface area (Å²) < 4.78 is 11.0. The lowest BCUT2D eigenvalue weighted by molar-refractivity contribution is 0.0481. The number of thiazole rings is 1. The Bertz CT molecular complexity index is 1400. The number of piperazine rings is 1. The van der Waals surface area contributed by atoms with Crippen LogP contribution in [0.3, 0.4) is 0 Å². The maximum Gasteiger partial charge on any atom is 0.357 e. The lowest BCUT2D eigenvalue weighted by Gasteiger charge is -2.36. The molecule has 3 aromatic rings. The molecule has 2 heterocycles. The van der Waals surface area contributed by atoms with Crippen molar-refractivity contribution in [1.29, 1.82) is 0 Å². The van der Waals surface area contributed by atoms with Crippen molar-refractivity contribution >= 4 is 34.0 Å². The van der Waals surface area contributed by atoms with Gasteiger partial charge in [-0.05, 0) is 41.5 Å². The van der Waals surface area contributed by atoms with Crippen LogP contribution in [0.1, 0.15) is 79.9 Å². The number of benzene rings is 2. The van der Waals surface area contributed by atoms with Crippen molar-refractivity contribution in [3.05, 3.63) is 64.2 Å². The highest BCUT2D eigenvalue weighted by Crippen LogP contribution is 2.40. The molecular weight excluding hydrogens is 564 g/mol. The first-order chi connectivity index (χ1) is 20.3. The van der Waals surface area contributed by atoms with E-state index in [9.17, 15) is 14.7 Å². The number of anilines is 2. The third kappa shape index (κ3) is 8.06. The van der Waals surface area contributed by atoms with Gasteiger partial charge in [-0.25, -0.2) is 9.78 Å². The van der Waals surface area contributed by atoms with Crippen molar-refractivity contribution in [2.24, 2.45) is 0 Å². The number of hydrogen-bond donors (Lipinski definition) is 2. The number of amides is 1. The maximum absolute atomic E-state index is 13.2. The number of carbonyl (C=O) groups excluding carboxylic acids is 2. The topological polar surface area (TPSA) is 104 Å². The number of aromatic hydroxyl groups is 1. The van der Waals surface area contributed by atoms with Crippen LogP contribution >= 0.6 is 11.3 Å². The largest absolute Gasteiger partial charge is 0.507 e. The Balaban J connectivity index is 1.27. The first kappa shape index (κ1) is 32.3. The van der Waals surface area contributed by atoms with Crippen molar-refractivity contribution in [3.63, 3.8) is 0 Å². The molecule has 0 radical (unpaired) electrons. The van der Waals surface area contributed by atoms with Gasteiger partial charge in [0.1, 0.15) is 11.5 Å². The second kappa shape index (κ2) is 13.3. The van der Waals surface area contributed by atoms with E-state index in [1.807, 2.05) is 59.7 Å². The normalized spacial score (nSPS) is 14.4. The van der Waals surface area contributed by atoms with E-state index >= 15 is 0 Å². The van der Waals surface area contributed by atoms with E-state index in [1.54, 1.807) is 24.6 Å². The molecule has 0 saturated carbocycles. The van der Waals surface area contributed by atoms with Gasteiger partial charge in [0.05, 0.1) is 19.4 Å². The van der Waals surface area contributed by atoms with Crippen LogP contribution in [0.15, 0.2) is 41.8 Å². The van der Waals surface area contributed by atoms with Crippen LogP contribution in [0.5, 0.6) is 11.5 Å². The van der Waals surface area contributed by atoms with Gasteiger partial charge >= 0.3 is 5.97 Å². The monoisotopic (exact) mass is 608 g/mol. The van der Waals surface area contributed by atoms with E-state index in [2.05, 4.69) is 26.2 Å². The second-order valence-electron chi connectivity index (χ2n) is 12.9. The Morgan fingerprint density at radius 1 is 1.00 bits per heavy atom. The number of carbonyl (C=O) groups is 2. The molecule has 1 saturated heterocycles. The maximum atomic E-state index is 13.2. The Morgan fingerprint density at radius 2 is 1.63 bits per heavy atom. The number of phenols is 1. The summed E-state index contributed by atoms with van der Waals surface area (Å²) in [6, 6.07) is 11.5. The quantitative estimate of drug-likeness (QED) is 0.223. The number of nitrogens with one attached hydrogen (secondary N) is 1. The number of para-hydroxylation sites is 2. The third-order valence-electron chi connectivity index (χ3n) is 7.57. The van der Waals surface area contributed by atoms with Gasteiger partial charge in [-0.1, -0.05) is 53.7 Å². The van der Waals surface area contributed by atoms with Crippen LogP contribution < -0.4 is 15.0 Å². The number of hydrogen-bond acceptors (Lipinski definition) is 9. The summed E-state index contributed by atoms with van der Waals surface area (Å²) in [6.07, 6.45) is 0.723. The number of ether oxygens (including phenoxy) is 2. The standard InChI is InChI=1S/C33H44N4O5S/c1-32(2,3)23-19-22(20-24(28(23)38)33(4,5)6)29(39)35-31-34-25(21-43-31)30(40)42-18-10-13-36-14-16-37(17-15-36)26-11-8-9-12-27(26)41-7/h8-9,11-12,19-21,38H,10,13-18H2,1-7H3,(H,34,35,39). The van der Waals surface area contributed by atoms with E-state index < -0.39 is 5.97 Å². The zero-order chi connectivity index (χ0) is 31.4. The highest BCUT2D eigenvalue weighted by Gasteiger charge is 2.28. The average molecular weight is 609 g/mol. The molecule has 43 heavy (non-hydrogen) atoms. The molecule has 1 amide bonds. The zero-order valence-electron chi connectivity index (χ0n) is 26.3. The molecule has 0 bridgehead atoms. The van der Waals surface area contributed by atoms with Crippen LogP contribution in [-0.2, 0) is 15.6 Å².